The third-order valence-corrected chi connectivity index (χ3v) is 7.32. The van der Waals surface area contributed by atoms with Crippen LogP contribution in [-0.4, -0.2) is 47.9 Å². The number of fused-ring (bicyclic) bond motifs is 1. The number of aryl methyl sites for hydroxylation is 3. The third-order valence-electron chi connectivity index (χ3n) is 6.14. The van der Waals surface area contributed by atoms with Crippen LogP contribution in [0.4, 0.5) is 10.8 Å². The number of hydrogen-bond acceptors (Lipinski definition) is 5. The van der Waals surface area contributed by atoms with Crippen molar-refractivity contribution in [2.24, 2.45) is 11.8 Å². The highest BCUT2D eigenvalue weighted by atomic mass is 32.1. The van der Waals surface area contributed by atoms with Crippen molar-refractivity contribution in [2.45, 2.75) is 47.0 Å². The van der Waals surface area contributed by atoms with Crippen molar-refractivity contribution in [1.82, 2.24) is 9.88 Å². The number of rotatable bonds is 4. The highest BCUT2D eigenvalue weighted by Gasteiger charge is 2.30. The van der Waals surface area contributed by atoms with Gasteiger partial charge in [0.15, 0.2) is 5.13 Å². The van der Waals surface area contributed by atoms with Crippen LogP contribution in [-0.2, 0) is 22.4 Å². The first-order valence-electron chi connectivity index (χ1n) is 11.2. The fraction of sp³-hybridized carbons (Fsp3) is 0.542. The predicted octanol–water partition coefficient (Wildman–Crippen LogP) is 3.81. The van der Waals surface area contributed by atoms with Crippen LogP contribution in [0, 0.1) is 25.7 Å². The van der Waals surface area contributed by atoms with E-state index in [0.717, 1.165) is 73.1 Å². The number of thiazole rings is 1. The summed E-state index contributed by atoms with van der Waals surface area (Å²) in [5, 5.41) is 4.16. The SMILES string of the molecule is Cc1cc(C)cc(NC(=O)[C@@H]2CCc3nc(N4CCN(C(=O)C(C)C)CC4)sc3C2)c1. The van der Waals surface area contributed by atoms with Gasteiger partial charge in [-0.05, 0) is 56.4 Å². The molecule has 0 saturated carbocycles. The van der Waals surface area contributed by atoms with Gasteiger partial charge in [0, 0.05) is 48.6 Å². The van der Waals surface area contributed by atoms with Crippen molar-refractivity contribution >= 4 is 34.0 Å². The number of anilines is 2. The Morgan fingerprint density at radius 1 is 1.10 bits per heavy atom. The Labute approximate surface area is 188 Å². The Kier molecular flexibility index (Phi) is 6.32. The lowest BCUT2D eigenvalue weighted by molar-refractivity contribution is -0.134. The molecule has 1 saturated heterocycles. The van der Waals surface area contributed by atoms with E-state index in [0.29, 0.717) is 0 Å². The van der Waals surface area contributed by atoms with Crippen LogP contribution in [0.25, 0.3) is 0 Å². The van der Waals surface area contributed by atoms with E-state index in [2.05, 4.69) is 16.3 Å². The summed E-state index contributed by atoms with van der Waals surface area (Å²) in [5.74, 6) is 0.370. The molecule has 1 fully saturated rings. The zero-order valence-electron chi connectivity index (χ0n) is 18.9. The largest absolute Gasteiger partial charge is 0.345 e. The molecule has 4 rings (SSSR count). The van der Waals surface area contributed by atoms with E-state index in [-0.39, 0.29) is 23.7 Å². The quantitative estimate of drug-likeness (QED) is 0.785. The van der Waals surface area contributed by atoms with Gasteiger partial charge in [-0.3, -0.25) is 9.59 Å². The minimum absolute atomic E-state index is 0.0119. The molecule has 1 N–H and O–H groups in total. The number of nitrogens with one attached hydrogen (secondary N) is 1. The lowest BCUT2D eigenvalue weighted by Gasteiger charge is -2.35. The Hall–Kier alpha value is -2.41. The molecular weight excluding hydrogens is 408 g/mol. The van der Waals surface area contributed by atoms with Crippen molar-refractivity contribution in [2.75, 3.05) is 36.4 Å². The topological polar surface area (TPSA) is 65.5 Å². The van der Waals surface area contributed by atoms with E-state index >= 15 is 0 Å². The highest BCUT2D eigenvalue weighted by Crippen LogP contribution is 2.35. The van der Waals surface area contributed by atoms with Gasteiger partial charge in [0.05, 0.1) is 5.69 Å². The van der Waals surface area contributed by atoms with E-state index in [4.69, 9.17) is 4.98 Å². The lowest BCUT2D eigenvalue weighted by atomic mass is 9.90. The van der Waals surface area contributed by atoms with Gasteiger partial charge in [0.25, 0.3) is 0 Å². The lowest BCUT2D eigenvalue weighted by Crippen LogP contribution is -2.49. The van der Waals surface area contributed by atoms with Crippen molar-refractivity contribution in [3.8, 4) is 0 Å². The molecule has 2 aliphatic rings. The number of benzene rings is 1. The van der Waals surface area contributed by atoms with Crippen LogP contribution < -0.4 is 10.2 Å². The standard InChI is InChI=1S/C24H32N4O2S/c1-15(2)23(30)27-7-9-28(10-8-27)24-26-20-6-5-18(14-21(20)31-24)22(29)25-19-12-16(3)11-17(4)13-19/h11-13,15,18H,5-10,14H2,1-4H3,(H,25,29)/t18-/m1/s1. The summed E-state index contributed by atoms with van der Waals surface area (Å²) in [4.78, 5) is 35.5. The fourth-order valence-corrected chi connectivity index (χ4v) is 5.73. The fourth-order valence-electron chi connectivity index (χ4n) is 4.49. The van der Waals surface area contributed by atoms with Gasteiger partial charge >= 0.3 is 0 Å². The van der Waals surface area contributed by atoms with Crippen molar-refractivity contribution in [3.63, 3.8) is 0 Å². The third kappa shape index (κ3) is 4.92. The van der Waals surface area contributed by atoms with Gasteiger partial charge in [-0.1, -0.05) is 19.9 Å². The van der Waals surface area contributed by atoms with Crippen LogP contribution in [0.1, 0.15) is 42.0 Å². The van der Waals surface area contributed by atoms with Crippen LogP contribution in [0.2, 0.25) is 0 Å². The predicted molar refractivity (Wildman–Crippen MR) is 126 cm³/mol. The molecule has 1 aliphatic heterocycles. The van der Waals surface area contributed by atoms with Gasteiger partial charge in [0.1, 0.15) is 0 Å². The Morgan fingerprint density at radius 3 is 2.42 bits per heavy atom. The zero-order chi connectivity index (χ0) is 22.1. The molecule has 7 heteroatoms. The molecule has 0 unspecified atom stereocenters. The minimum Gasteiger partial charge on any atom is -0.345 e. The monoisotopic (exact) mass is 440 g/mol. The molecule has 2 amide bonds. The molecular formula is C24H32N4O2S. The van der Waals surface area contributed by atoms with Gasteiger partial charge in [-0.15, -0.1) is 11.3 Å². The molecule has 0 radical (unpaired) electrons. The van der Waals surface area contributed by atoms with Crippen LogP contribution in [0.15, 0.2) is 18.2 Å². The number of nitrogens with zero attached hydrogens (tertiary/aromatic N) is 3. The second-order valence-electron chi connectivity index (χ2n) is 9.14. The molecule has 0 spiro atoms. The average molecular weight is 441 g/mol. The maximum atomic E-state index is 12.9. The summed E-state index contributed by atoms with van der Waals surface area (Å²) in [7, 11) is 0. The summed E-state index contributed by atoms with van der Waals surface area (Å²) in [5.41, 5.74) is 4.34. The zero-order valence-corrected chi connectivity index (χ0v) is 19.7. The number of aromatic nitrogens is 1. The first-order chi connectivity index (χ1) is 14.8. The van der Waals surface area contributed by atoms with Crippen molar-refractivity contribution in [3.05, 3.63) is 39.9 Å². The van der Waals surface area contributed by atoms with Crippen LogP contribution in [0.3, 0.4) is 0 Å². The summed E-state index contributed by atoms with van der Waals surface area (Å²) < 4.78 is 0. The first-order valence-corrected chi connectivity index (χ1v) is 12.0. The van der Waals surface area contributed by atoms with Gasteiger partial charge in [0.2, 0.25) is 11.8 Å². The number of carbonyl (C=O) groups excluding carboxylic acids is 2. The smallest absolute Gasteiger partial charge is 0.227 e. The minimum atomic E-state index is -0.0119. The van der Waals surface area contributed by atoms with E-state index in [9.17, 15) is 9.59 Å². The number of carbonyl (C=O) groups is 2. The van der Waals surface area contributed by atoms with Crippen molar-refractivity contribution in [1.29, 1.82) is 0 Å². The van der Waals surface area contributed by atoms with Gasteiger partial charge in [-0.2, -0.15) is 0 Å². The Bertz CT molecular complexity index is 956. The van der Waals surface area contributed by atoms with Crippen molar-refractivity contribution < 1.29 is 9.59 Å². The number of hydrogen-bond donors (Lipinski definition) is 1. The molecule has 166 valence electrons. The highest BCUT2D eigenvalue weighted by molar-refractivity contribution is 7.15. The van der Waals surface area contributed by atoms with E-state index < -0.39 is 0 Å². The summed E-state index contributed by atoms with van der Waals surface area (Å²) in [6.45, 7) is 11.2. The molecule has 1 aliphatic carbocycles. The summed E-state index contributed by atoms with van der Waals surface area (Å²) in [6.07, 6.45) is 2.45. The van der Waals surface area contributed by atoms with E-state index in [1.165, 1.54) is 4.88 Å². The number of piperazine rings is 1. The molecule has 6 nitrogen and oxygen atoms in total. The molecule has 2 aromatic rings. The van der Waals surface area contributed by atoms with E-state index in [1.807, 2.05) is 44.7 Å². The van der Waals surface area contributed by atoms with Gasteiger partial charge in [-0.25, -0.2) is 4.98 Å². The maximum absolute atomic E-state index is 12.9. The second kappa shape index (κ2) is 8.99. The average Bonchev–Trinajstić information content (AvgIpc) is 3.16. The maximum Gasteiger partial charge on any atom is 0.227 e. The molecule has 1 atom stereocenters. The molecule has 31 heavy (non-hydrogen) atoms. The Balaban J connectivity index is 1.37. The molecule has 2 heterocycles. The van der Waals surface area contributed by atoms with Gasteiger partial charge < -0.3 is 15.1 Å². The normalized spacial score (nSPS) is 18.8. The molecule has 0 bridgehead atoms. The second-order valence-corrected chi connectivity index (χ2v) is 10.2. The summed E-state index contributed by atoms with van der Waals surface area (Å²) in [6, 6.07) is 6.15. The van der Waals surface area contributed by atoms with Crippen LogP contribution in [0.5, 0.6) is 0 Å². The molecule has 1 aromatic carbocycles. The number of amides is 2. The summed E-state index contributed by atoms with van der Waals surface area (Å²) >= 11 is 1.72. The van der Waals surface area contributed by atoms with Crippen LogP contribution >= 0.6 is 11.3 Å². The first kappa shape index (κ1) is 21.8. The molecule has 1 aromatic heterocycles. The Morgan fingerprint density at radius 2 is 1.77 bits per heavy atom. The van der Waals surface area contributed by atoms with E-state index in [1.54, 1.807) is 11.3 Å².